The number of aryl methyl sites for hydroxylation is 1. The minimum atomic E-state index is -0.586. The maximum absolute atomic E-state index is 12.1. The molecule has 6 nitrogen and oxygen atoms in total. The molecule has 0 aromatic heterocycles. The third-order valence-corrected chi connectivity index (χ3v) is 4.63. The van der Waals surface area contributed by atoms with Gasteiger partial charge in [0.25, 0.3) is 5.91 Å². The zero-order valence-corrected chi connectivity index (χ0v) is 15.9. The van der Waals surface area contributed by atoms with Gasteiger partial charge in [-0.3, -0.25) is 4.79 Å². The lowest BCUT2D eigenvalue weighted by Gasteiger charge is -2.13. The van der Waals surface area contributed by atoms with Crippen LogP contribution in [0, 0.1) is 0 Å². The number of benzene rings is 2. The van der Waals surface area contributed by atoms with Gasteiger partial charge in [-0.1, -0.05) is 30.3 Å². The first-order chi connectivity index (χ1) is 13.6. The van der Waals surface area contributed by atoms with E-state index in [1.807, 2.05) is 18.2 Å². The molecule has 0 saturated carbocycles. The third-order valence-electron chi connectivity index (χ3n) is 4.63. The largest absolute Gasteiger partial charge is 0.493 e. The van der Waals surface area contributed by atoms with E-state index in [2.05, 4.69) is 11.4 Å². The van der Waals surface area contributed by atoms with Gasteiger partial charge in [-0.05, 0) is 47.7 Å². The molecule has 0 bridgehead atoms. The lowest BCUT2D eigenvalue weighted by atomic mass is 10.1. The Bertz CT molecular complexity index is 890. The second-order valence-electron chi connectivity index (χ2n) is 6.41. The minimum Gasteiger partial charge on any atom is -0.493 e. The Morgan fingerprint density at radius 3 is 2.68 bits per heavy atom. The van der Waals surface area contributed by atoms with E-state index in [0.29, 0.717) is 11.5 Å². The molecule has 2 aromatic rings. The average Bonchev–Trinajstić information content (AvgIpc) is 3.13. The van der Waals surface area contributed by atoms with Crippen LogP contribution in [0.1, 0.15) is 29.2 Å². The second-order valence-corrected chi connectivity index (χ2v) is 6.41. The fraction of sp³-hybridized carbons (Fsp3) is 0.273. The van der Waals surface area contributed by atoms with Crippen molar-refractivity contribution in [3.8, 4) is 11.5 Å². The highest BCUT2D eigenvalue weighted by atomic mass is 16.5. The van der Waals surface area contributed by atoms with Crippen LogP contribution in [0.3, 0.4) is 0 Å². The Kier molecular flexibility index (Phi) is 6.32. The Hall–Kier alpha value is -3.28. The highest BCUT2D eigenvalue weighted by Crippen LogP contribution is 2.30. The van der Waals surface area contributed by atoms with E-state index in [1.54, 1.807) is 38.5 Å². The number of ether oxygens (including phenoxy) is 3. The molecule has 0 spiro atoms. The van der Waals surface area contributed by atoms with E-state index in [9.17, 15) is 9.59 Å². The van der Waals surface area contributed by atoms with Crippen molar-refractivity contribution in [3.05, 3.63) is 65.2 Å². The Labute approximate surface area is 164 Å². The van der Waals surface area contributed by atoms with Crippen molar-refractivity contribution in [1.29, 1.82) is 0 Å². The summed E-state index contributed by atoms with van der Waals surface area (Å²) in [5.41, 5.74) is 3.14. The van der Waals surface area contributed by atoms with Gasteiger partial charge >= 0.3 is 5.97 Å². The first-order valence-corrected chi connectivity index (χ1v) is 9.04. The number of carbonyl (C=O) groups excluding carboxylic acids is 2. The summed E-state index contributed by atoms with van der Waals surface area (Å²) >= 11 is 0. The van der Waals surface area contributed by atoms with Crippen LogP contribution in [-0.2, 0) is 20.7 Å². The molecular weight excluding hydrogens is 358 g/mol. The molecule has 0 unspecified atom stereocenters. The standard InChI is InChI=1S/C22H23NO5/c1-26-19-11-7-15(13-20(19)27-2)8-12-22(25)28-14-21(24)23-18-10-9-16-5-3-4-6-17(16)18/h3-8,11-13,18H,9-10,14H2,1-2H3,(H,23,24)/b12-8+/t18-/m0/s1. The van der Waals surface area contributed by atoms with E-state index >= 15 is 0 Å². The van der Waals surface area contributed by atoms with Gasteiger partial charge in [-0.15, -0.1) is 0 Å². The van der Waals surface area contributed by atoms with Crippen molar-refractivity contribution in [2.75, 3.05) is 20.8 Å². The van der Waals surface area contributed by atoms with Crippen molar-refractivity contribution in [1.82, 2.24) is 5.32 Å². The van der Waals surface area contributed by atoms with Gasteiger partial charge in [0.15, 0.2) is 18.1 Å². The van der Waals surface area contributed by atoms with E-state index in [-0.39, 0.29) is 18.6 Å². The molecule has 1 N–H and O–H groups in total. The number of rotatable bonds is 7. The maximum atomic E-state index is 12.1. The number of hydrogen-bond donors (Lipinski definition) is 1. The zero-order chi connectivity index (χ0) is 19.9. The molecule has 0 heterocycles. The van der Waals surface area contributed by atoms with Gasteiger partial charge < -0.3 is 19.5 Å². The Balaban J connectivity index is 1.49. The summed E-state index contributed by atoms with van der Waals surface area (Å²) in [7, 11) is 3.10. The van der Waals surface area contributed by atoms with E-state index in [0.717, 1.165) is 24.0 Å². The van der Waals surface area contributed by atoms with Crippen LogP contribution in [-0.4, -0.2) is 32.7 Å². The fourth-order valence-electron chi connectivity index (χ4n) is 3.25. The molecule has 1 aliphatic carbocycles. The van der Waals surface area contributed by atoms with Crippen LogP contribution < -0.4 is 14.8 Å². The Morgan fingerprint density at radius 2 is 1.89 bits per heavy atom. The first-order valence-electron chi connectivity index (χ1n) is 9.04. The maximum Gasteiger partial charge on any atom is 0.331 e. The molecule has 6 heteroatoms. The van der Waals surface area contributed by atoms with E-state index in [4.69, 9.17) is 14.2 Å². The van der Waals surface area contributed by atoms with Gasteiger partial charge in [-0.25, -0.2) is 4.79 Å². The van der Waals surface area contributed by atoms with Crippen molar-refractivity contribution in [2.45, 2.75) is 18.9 Å². The molecule has 0 saturated heterocycles. The lowest BCUT2D eigenvalue weighted by molar-refractivity contribution is -0.144. The van der Waals surface area contributed by atoms with Crippen LogP contribution >= 0.6 is 0 Å². The van der Waals surface area contributed by atoms with Gasteiger partial charge in [0.1, 0.15) is 0 Å². The predicted octanol–water partition coefficient (Wildman–Crippen LogP) is 3.06. The molecule has 28 heavy (non-hydrogen) atoms. The van der Waals surface area contributed by atoms with Crippen LogP contribution in [0.15, 0.2) is 48.5 Å². The van der Waals surface area contributed by atoms with Crippen LogP contribution in [0.5, 0.6) is 11.5 Å². The average molecular weight is 381 g/mol. The summed E-state index contributed by atoms with van der Waals surface area (Å²) < 4.78 is 15.4. The number of esters is 1. The van der Waals surface area contributed by atoms with Crippen molar-refractivity contribution >= 4 is 18.0 Å². The fourth-order valence-corrected chi connectivity index (χ4v) is 3.25. The molecule has 1 aliphatic rings. The molecule has 2 aromatic carbocycles. The summed E-state index contributed by atoms with van der Waals surface area (Å²) in [6.07, 6.45) is 4.67. The molecule has 0 fully saturated rings. The number of methoxy groups -OCH3 is 2. The second kappa shape index (κ2) is 9.08. The summed E-state index contributed by atoms with van der Waals surface area (Å²) in [6.45, 7) is -0.312. The smallest absolute Gasteiger partial charge is 0.331 e. The summed E-state index contributed by atoms with van der Waals surface area (Å²) in [5, 5.41) is 2.92. The number of fused-ring (bicyclic) bond motifs is 1. The highest BCUT2D eigenvalue weighted by molar-refractivity contribution is 5.89. The summed E-state index contributed by atoms with van der Waals surface area (Å²) in [5.74, 6) is 0.271. The van der Waals surface area contributed by atoms with Crippen LogP contribution in [0.25, 0.3) is 6.08 Å². The minimum absolute atomic E-state index is 0.0234. The van der Waals surface area contributed by atoms with Crippen molar-refractivity contribution < 1.29 is 23.8 Å². The molecule has 0 radical (unpaired) electrons. The SMILES string of the molecule is COc1ccc(/C=C/C(=O)OCC(=O)N[C@H]2CCc3ccccc32)cc1OC. The normalized spacial score (nSPS) is 15.1. The van der Waals surface area contributed by atoms with Gasteiger partial charge in [0.2, 0.25) is 0 Å². The number of hydrogen-bond acceptors (Lipinski definition) is 5. The van der Waals surface area contributed by atoms with E-state index in [1.165, 1.54) is 11.6 Å². The summed E-state index contributed by atoms with van der Waals surface area (Å²) in [6, 6.07) is 13.3. The predicted molar refractivity (Wildman–Crippen MR) is 105 cm³/mol. The molecule has 0 aliphatic heterocycles. The molecule has 3 rings (SSSR count). The van der Waals surface area contributed by atoms with E-state index < -0.39 is 5.97 Å². The number of carbonyl (C=O) groups is 2. The van der Waals surface area contributed by atoms with Gasteiger partial charge in [0.05, 0.1) is 20.3 Å². The number of nitrogens with one attached hydrogen (secondary N) is 1. The molecule has 1 amide bonds. The first kappa shape index (κ1) is 19.5. The monoisotopic (exact) mass is 381 g/mol. The van der Waals surface area contributed by atoms with Crippen LogP contribution in [0.2, 0.25) is 0 Å². The molecular formula is C22H23NO5. The Morgan fingerprint density at radius 1 is 1.11 bits per heavy atom. The third kappa shape index (κ3) is 4.71. The van der Waals surface area contributed by atoms with Gasteiger partial charge in [-0.2, -0.15) is 0 Å². The quantitative estimate of drug-likeness (QED) is 0.589. The summed E-state index contributed by atoms with van der Waals surface area (Å²) in [4.78, 5) is 24.0. The van der Waals surface area contributed by atoms with Crippen LogP contribution in [0.4, 0.5) is 0 Å². The highest BCUT2D eigenvalue weighted by Gasteiger charge is 2.23. The van der Waals surface area contributed by atoms with Crippen molar-refractivity contribution in [2.24, 2.45) is 0 Å². The molecule has 1 atom stereocenters. The number of amides is 1. The molecule has 146 valence electrons. The lowest BCUT2D eigenvalue weighted by Crippen LogP contribution is -2.31. The zero-order valence-electron chi connectivity index (χ0n) is 15.9. The topological polar surface area (TPSA) is 73.9 Å². The van der Waals surface area contributed by atoms with Crippen molar-refractivity contribution in [3.63, 3.8) is 0 Å². The van der Waals surface area contributed by atoms with Gasteiger partial charge in [0, 0.05) is 6.08 Å².